The molecule has 6 heteroatoms. The molecule has 0 unspecified atom stereocenters. The predicted molar refractivity (Wildman–Crippen MR) is 60.6 cm³/mol. The van der Waals surface area contributed by atoms with E-state index in [2.05, 4.69) is 5.32 Å². The van der Waals surface area contributed by atoms with Crippen LogP contribution in [0.15, 0.2) is 12.1 Å². The fourth-order valence-electron chi connectivity index (χ4n) is 1.84. The molecule has 17 heavy (non-hydrogen) atoms. The van der Waals surface area contributed by atoms with Crippen molar-refractivity contribution >= 4 is 17.3 Å². The number of rotatable bonds is 1. The van der Waals surface area contributed by atoms with Crippen LogP contribution in [0.2, 0.25) is 0 Å². The van der Waals surface area contributed by atoms with E-state index in [-0.39, 0.29) is 23.8 Å². The lowest BCUT2D eigenvalue weighted by Gasteiger charge is -2.23. The van der Waals surface area contributed by atoms with Crippen molar-refractivity contribution in [1.82, 2.24) is 5.32 Å². The van der Waals surface area contributed by atoms with Crippen molar-refractivity contribution < 1.29 is 13.6 Å². The average Bonchev–Trinajstić information content (AvgIpc) is 2.48. The van der Waals surface area contributed by atoms with Gasteiger partial charge in [-0.1, -0.05) is 0 Å². The standard InChI is InChI=1S/C11H13F2N3O/c12-7-4-8(13)11(14)9(5-7)16-3-1-2-15-10(17)6-16/h4-5H,1-3,6,14H2,(H,15,17). The molecule has 0 bridgehead atoms. The summed E-state index contributed by atoms with van der Waals surface area (Å²) in [7, 11) is 0. The van der Waals surface area contributed by atoms with Crippen LogP contribution in [0.4, 0.5) is 20.2 Å². The normalized spacial score (nSPS) is 16.6. The molecular formula is C11H13F2N3O. The van der Waals surface area contributed by atoms with Crippen molar-refractivity contribution in [3.63, 3.8) is 0 Å². The number of nitrogens with one attached hydrogen (secondary N) is 1. The van der Waals surface area contributed by atoms with Crippen molar-refractivity contribution in [1.29, 1.82) is 0 Å². The summed E-state index contributed by atoms with van der Waals surface area (Å²) in [5, 5.41) is 2.68. The third-order valence-electron chi connectivity index (χ3n) is 2.67. The van der Waals surface area contributed by atoms with Crippen LogP contribution in [0, 0.1) is 11.6 Å². The zero-order chi connectivity index (χ0) is 12.4. The molecule has 1 amide bonds. The van der Waals surface area contributed by atoms with Crippen molar-refractivity contribution in [2.75, 3.05) is 30.3 Å². The van der Waals surface area contributed by atoms with E-state index >= 15 is 0 Å². The van der Waals surface area contributed by atoms with E-state index in [4.69, 9.17) is 5.73 Å². The minimum absolute atomic E-state index is 0.0626. The zero-order valence-electron chi connectivity index (χ0n) is 9.17. The van der Waals surface area contributed by atoms with Crippen LogP contribution in [0.3, 0.4) is 0 Å². The number of amides is 1. The molecular weight excluding hydrogens is 228 g/mol. The summed E-state index contributed by atoms with van der Waals surface area (Å²) in [6.45, 7) is 1.16. The van der Waals surface area contributed by atoms with Crippen LogP contribution in [0.1, 0.15) is 6.42 Å². The molecule has 4 nitrogen and oxygen atoms in total. The Bertz CT molecular complexity index is 451. The number of carbonyl (C=O) groups excluding carboxylic acids is 1. The van der Waals surface area contributed by atoms with Gasteiger partial charge in [-0.3, -0.25) is 4.79 Å². The molecule has 1 saturated heterocycles. The summed E-state index contributed by atoms with van der Waals surface area (Å²) in [4.78, 5) is 13.0. The number of hydrogen-bond acceptors (Lipinski definition) is 3. The minimum atomic E-state index is -0.801. The van der Waals surface area contributed by atoms with E-state index in [1.54, 1.807) is 4.90 Å². The molecule has 0 spiro atoms. The number of nitrogens with zero attached hydrogens (tertiary/aromatic N) is 1. The van der Waals surface area contributed by atoms with Crippen LogP contribution in [0.25, 0.3) is 0 Å². The molecule has 0 aromatic heterocycles. The summed E-state index contributed by atoms with van der Waals surface area (Å²) in [5.41, 5.74) is 5.68. The van der Waals surface area contributed by atoms with Crippen molar-refractivity contribution in [2.24, 2.45) is 0 Å². The van der Waals surface area contributed by atoms with Gasteiger partial charge in [0.25, 0.3) is 0 Å². The molecule has 0 aliphatic carbocycles. The quantitative estimate of drug-likeness (QED) is 0.717. The Morgan fingerprint density at radius 1 is 1.35 bits per heavy atom. The number of nitrogen functional groups attached to an aromatic ring is 1. The summed E-state index contributed by atoms with van der Waals surface area (Å²) in [6, 6.07) is 1.88. The van der Waals surface area contributed by atoms with E-state index in [9.17, 15) is 13.6 Å². The first-order valence-corrected chi connectivity index (χ1v) is 5.34. The number of benzene rings is 1. The Hall–Kier alpha value is -1.85. The zero-order valence-corrected chi connectivity index (χ0v) is 9.17. The molecule has 2 rings (SSSR count). The van der Waals surface area contributed by atoms with Crippen molar-refractivity contribution in [2.45, 2.75) is 6.42 Å². The van der Waals surface area contributed by atoms with E-state index < -0.39 is 11.6 Å². The minimum Gasteiger partial charge on any atom is -0.395 e. The van der Waals surface area contributed by atoms with Crippen LogP contribution in [-0.2, 0) is 4.79 Å². The summed E-state index contributed by atoms with van der Waals surface area (Å²) in [5.74, 6) is -1.67. The van der Waals surface area contributed by atoms with E-state index in [1.807, 2.05) is 0 Å². The van der Waals surface area contributed by atoms with Gasteiger partial charge in [0.2, 0.25) is 5.91 Å². The monoisotopic (exact) mass is 241 g/mol. The first-order chi connectivity index (χ1) is 8.08. The topological polar surface area (TPSA) is 58.4 Å². The smallest absolute Gasteiger partial charge is 0.239 e. The Morgan fingerprint density at radius 3 is 2.88 bits per heavy atom. The first-order valence-electron chi connectivity index (χ1n) is 5.34. The highest BCUT2D eigenvalue weighted by atomic mass is 19.1. The van der Waals surface area contributed by atoms with Crippen molar-refractivity contribution in [3.8, 4) is 0 Å². The Kier molecular flexibility index (Phi) is 3.12. The second kappa shape index (κ2) is 4.57. The maximum Gasteiger partial charge on any atom is 0.239 e. The molecule has 0 atom stereocenters. The third kappa shape index (κ3) is 2.46. The van der Waals surface area contributed by atoms with E-state index in [0.717, 1.165) is 12.1 Å². The Labute approximate surface area is 97.4 Å². The van der Waals surface area contributed by atoms with Gasteiger partial charge < -0.3 is 16.0 Å². The molecule has 1 aliphatic heterocycles. The summed E-state index contributed by atoms with van der Waals surface area (Å²) >= 11 is 0. The first kappa shape index (κ1) is 11.6. The van der Waals surface area contributed by atoms with Crippen LogP contribution >= 0.6 is 0 Å². The number of nitrogens with two attached hydrogens (primary N) is 1. The van der Waals surface area contributed by atoms with Gasteiger partial charge in [0, 0.05) is 19.2 Å². The Balaban J connectivity index is 2.35. The van der Waals surface area contributed by atoms with E-state index in [1.165, 1.54) is 0 Å². The third-order valence-corrected chi connectivity index (χ3v) is 2.67. The van der Waals surface area contributed by atoms with Crippen LogP contribution < -0.4 is 16.0 Å². The lowest BCUT2D eigenvalue weighted by molar-refractivity contribution is -0.119. The van der Waals surface area contributed by atoms with Gasteiger partial charge in [0.15, 0.2) is 5.82 Å². The summed E-state index contributed by atoms with van der Waals surface area (Å²) in [6.07, 6.45) is 0.712. The number of hydrogen-bond donors (Lipinski definition) is 2. The SMILES string of the molecule is Nc1c(F)cc(F)cc1N1CCCNC(=O)C1. The largest absolute Gasteiger partial charge is 0.395 e. The van der Waals surface area contributed by atoms with Crippen molar-refractivity contribution in [3.05, 3.63) is 23.8 Å². The molecule has 0 radical (unpaired) electrons. The van der Waals surface area contributed by atoms with Crippen LogP contribution in [-0.4, -0.2) is 25.5 Å². The maximum atomic E-state index is 13.3. The fourth-order valence-corrected chi connectivity index (χ4v) is 1.84. The molecule has 1 fully saturated rings. The average molecular weight is 241 g/mol. The maximum absolute atomic E-state index is 13.3. The van der Waals surface area contributed by atoms with Gasteiger partial charge in [-0.2, -0.15) is 0 Å². The number of halogens is 2. The van der Waals surface area contributed by atoms with Gasteiger partial charge in [-0.25, -0.2) is 8.78 Å². The molecule has 92 valence electrons. The second-order valence-corrected chi connectivity index (χ2v) is 3.95. The van der Waals surface area contributed by atoms with Gasteiger partial charge in [0.1, 0.15) is 5.82 Å². The molecule has 1 aliphatic rings. The van der Waals surface area contributed by atoms with Crippen LogP contribution in [0.5, 0.6) is 0 Å². The van der Waals surface area contributed by atoms with Gasteiger partial charge in [-0.05, 0) is 12.5 Å². The Morgan fingerprint density at radius 2 is 2.12 bits per heavy atom. The fraction of sp³-hybridized carbons (Fsp3) is 0.364. The van der Waals surface area contributed by atoms with Gasteiger partial charge in [0.05, 0.1) is 17.9 Å². The van der Waals surface area contributed by atoms with Gasteiger partial charge >= 0.3 is 0 Å². The lowest BCUT2D eigenvalue weighted by atomic mass is 10.2. The predicted octanol–water partition coefficient (Wildman–Crippen LogP) is 0.873. The molecule has 0 saturated carbocycles. The van der Waals surface area contributed by atoms with E-state index in [0.29, 0.717) is 19.5 Å². The number of carbonyl (C=O) groups is 1. The summed E-state index contributed by atoms with van der Waals surface area (Å²) < 4.78 is 26.4. The highest BCUT2D eigenvalue weighted by Gasteiger charge is 2.19. The number of anilines is 2. The second-order valence-electron chi connectivity index (χ2n) is 3.95. The molecule has 3 N–H and O–H groups in total. The molecule has 1 heterocycles. The molecule has 1 aromatic carbocycles. The highest BCUT2D eigenvalue weighted by Crippen LogP contribution is 2.27. The molecule has 1 aromatic rings. The highest BCUT2D eigenvalue weighted by molar-refractivity contribution is 5.83. The lowest BCUT2D eigenvalue weighted by Crippen LogP contribution is -2.33. The van der Waals surface area contributed by atoms with Gasteiger partial charge in [-0.15, -0.1) is 0 Å².